The molecule has 0 bridgehead atoms. The lowest BCUT2D eigenvalue weighted by Gasteiger charge is -2.13. The predicted octanol–water partition coefficient (Wildman–Crippen LogP) is 2.13. The first-order chi connectivity index (χ1) is 4.85. The van der Waals surface area contributed by atoms with Crippen LogP contribution in [0.5, 0.6) is 0 Å². The van der Waals surface area contributed by atoms with Crippen molar-refractivity contribution in [1.82, 2.24) is 5.32 Å². The summed E-state index contributed by atoms with van der Waals surface area (Å²) in [5.41, 5.74) is 0. The van der Waals surface area contributed by atoms with Crippen LogP contribution in [0.3, 0.4) is 0 Å². The smallest absolute Gasteiger partial charge is 0.00718 e. The van der Waals surface area contributed by atoms with Gasteiger partial charge in [-0.15, -0.1) is 0 Å². The van der Waals surface area contributed by atoms with Crippen molar-refractivity contribution < 1.29 is 0 Å². The molecular weight excluding hydrogens is 142 g/mol. The molecule has 2 heteroatoms. The molecule has 0 aliphatic rings. The van der Waals surface area contributed by atoms with Crippen LogP contribution in [0.25, 0.3) is 0 Å². The molecule has 0 amide bonds. The summed E-state index contributed by atoms with van der Waals surface area (Å²) < 4.78 is 0. The zero-order valence-corrected chi connectivity index (χ0v) is 8.13. The molecule has 62 valence electrons. The van der Waals surface area contributed by atoms with E-state index in [-0.39, 0.29) is 0 Å². The minimum atomic E-state index is 0.748. The Morgan fingerprint density at radius 1 is 1.40 bits per heavy atom. The Hall–Kier alpha value is 0.310. The van der Waals surface area contributed by atoms with Gasteiger partial charge in [-0.3, -0.25) is 0 Å². The second-order valence-corrected chi connectivity index (χ2v) is 3.54. The van der Waals surface area contributed by atoms with Gasteiger partial charge >= 0.3 is 0 Å². The van der Waals surface area contributed by atoms with Crippen LogP contribution in [0, 0.1) is 0 Å². The molecule has 0 radical (unpaired) electrons. The number of nitrogens with one attached hydrogen (secondary N) is 1. The summed E-state index contributed by atoms with van der Waals surface area (Å²) in [6.07, 6.45) is 6.08. The fraction of sp³-hybridized carbons (Fsp3) is 1.00. The van der Waals surface area contributed by atoms with Gasteiger partial charge in [-0.2, -0.15) is 11.8 Å². The van der Waals surface area contributed by atoms with Gasteiger partial charge in [-0.25, -0.2) is 0 Å². The first-order valence-corrected chi connectivity index (χ1v) is 5.40. The average molecular weight is 161 g/mol. The van der Waals surface area contributed by atoms with Crippen LogP contribution in [0.1, 0.15) is 26.2 Å². The molecule has 0 heterocycles. The molecule has 0 fully saturated rings. The standard InChI is InChI=1S/C8H19NS/c1-4-5-8(9-2)6-7-10-3/h8-9H,4-7H2,1-3H3. The zero-order valence-electron chi connectivity index (χ0n) is 7.31. The van der Waals surface area contributed by atoms with Crippen molar-refractivity contribution in [2.75, 3.05) is 19.1 Å². The van der Waals surface area contributed by atoms with Crippen LogP contribution < -0.4 is 5.32 Å². The van der Waals surface area contributed by atoms with Crippen molar-refractivity contribution in [3.8, 4) is 0 Å². The number of rotatable bonds is 6. The Labute approximate surface area is 69.0 Å². The highest BCUT2D eigenvalue weighted by atomic mass is 32.2. The third kappa shape index (κ3) is 5.12. The van der Waals surface area contributed by atoms with Crippen molar-refractivity contribution in [3.05, 3.63) is 0 Å². The molecule has 0 saturated heterocycles. The van der Waals surface area contributed by atoms with Crippen LogP contribution in [0.4, 0.5) is 0 Å². The molecule has 1 N–H and O–H groups in total. The summed E-state index contributed by atoms with van der Waals surface area (Å²) in [7, 11) is 2.06. The average Bonchev–Trinajstić information content (AvgIpc) is 1.98. The predicted molar refractivity (Wildman–Crippen MR) is 50.8 cm³/mol. The van der Waals surface area contributed by atoms with Gasteiger partial charge in [0.1, 0.15) is 0 Å². The highest BCUT2D eigenvalue weighted by molar-refractivity contribution is 7.98. The highest BCUT2D eigenvalue weighted by Gasteiger charge is 2.01. The van der Waals surface area contributed by atoms with Gasteiger partial charge in [0.05, 0.1) is 0 Å². The number of hydrogen-bond donors (Lipinski definition) is 1. The first kappa shape index (κ1) is 10.3. The van der Waals surface area contributed by atoms with E-state index in [1.165, 1.54) is 25.0 Å². The molecule has 10 heavy (non-hydrogen) atoms. The molecule has 0 aliphatic carbocycles. The Kier molecular flexibility index (Phi) is 7.65. The fourth-order valence-corrected chi connectivity index (χ4v) is 1.56. The Morgan fingerprint density at radius 2 is 2.10 bits per heavy atom. The molecule has 0 rings (SSSR count). The van der Waals surface area contributed by atoms with Gasteiger partial charge in [0, 0.05) is 6.04 Å². The van der Waals surface area contributed by atoms with Crippen molar-refractivity contribution in [2.24, 2.45) is 0 Å². The van der Waals surface area contributed by atoms with Crippen molar-refractivity contribution >= 4 is 11.8 Å². The van der Waals surface area contributed by atoms with E-state index in [0.717, 1.165) is 6.04 Å². The van der Waals surface area contributed by atoms with E-state index >= 15 is 0 Å². The third-order valence-electron chi connectivity index (χ3n) is 1.72. The van der Waals surface area contributed by atoms with Gasteiger partial charge in [-0.05, 0) is 31.9 Å². The molecule has 1 atom stereocenters. The molecule has 1 unspecified atom stereocenters. The van der Waals surface area contributed by atoms with Gasteiger partial charge in [0.25, 0.3) is 0 Å². The Balaban J connectivity index is 3.21. The highest BCUT2D eigenvalue weighted by Crippen LogP contribution is 2.04. The van der Waals surface area contributed by atoms with E-state index in [0.29, 0.717) is 0 Å². The van der Waals surface area contributed by atoms with E-state index in [1.54, 1.807) is 0 Å². The molecule has 0 saturated carbocycles. The summed E-state index contributed by atoms with van der Waals surface area (Å²) in [4.78, 5) is 0. The zero-order chi connectivity index (χ0) is 7.82. The van der Waals surface area contributed by atoms with Gasteiger partial charge in [0.15, 0.2) is 0 Å². The first-order valence-electron chi connectivity index (χ1n) is 4.01. The maximum absolute atomic E-state index is 3.32. The van der Waals surface area contributed by atoms with Crippen molar-refractivity contribution in [1.29, 1.82) is 0 Å². The maximum atomic E-state index is 3.32. The van der Waals surface area contributed by atoms with Crippen molar-refractivity contribution in [2.45, 2.75) is 32.2 Å². The third-order valence-corrected chi connectivity index (χ3v) is 2.36. The van der Waals surface area contributed by atoms with E-state index < -0.39 is 0 Å². The Morgan fingerprint density at radius 3 is 2.50 bits per heavy atom. The number of thioether (sulfide) groups is 1. The van der Waals surface area contributed by atoms with E-state index in [4.69, 9.17) is 0 Å². The normalized spacial score (nSPS) is 13.5. The van der Waals surface area contributed by atoms with Gasteiger partial charge < -0.3 is 5.32 Å². The molecule has 0 aromatic rings. The number of hydrogen-bond acceptors (Lipinski definition) is 2. The van der Waals surface area contributed by atoms with Crippen molar-refractivity contribution in [3.63, 3.8) is 0 Å². The van der Waals surface area contributed by atoms with E-state index in [1.807, 2.05) is 11.8 Å². The molecular formula is C8H19NS. The second-order valence-electron chi connectivity index (χ2n) is 2.56. The van der Waals surface area contributed by atoms with Crippen LogP contribution in [-0.4, -0.2) is 25.1 Å². The van der Waals surface area contributed by atoms with Crippen LogP contribution >= 0.6 is 11.8 Å². The van der Waals surface area contributed by atoms with Gasteiger partial charge in [0.2, 0.25) is 0 Å². The van der Waals surface area contributed by atoms with Crippen LogP contribution in [-0.2, 0) is 0 Å². The minimum absolute atomic E-state index is 0.748. The maximum Gasteiger partial charge on any atom is 0.00718 e. The SMILES string of the molecule is CCCC(CCSC)NC. The second kappa shape index (κ2) is 7.42. The summed E-state index contributed by atoms with van der Waals surface area (Å²) in [5.74, 6) is 1.28. The molecule has 1 nitrogen and oxygen atoms in total. The monoisotopic (exact) mass is 161 g/mol. The lowest BCUT2D eigenvalue weighted by Crippen LogP contribution is -2.25. The Bertz CT molecular complexity index is 66.3. The largest absolute Gasteiger partial charge is 0.317 e. The topological polar surface area (TPSA) is 12.0 Å². The summed E-state index contributed by atoms with van der Waals surface area (Å²) in [6.45, 7) is 2.24. The molecule has 0 aromatic carbocycles. The van der Waals surface area contributed by atoms with Crippen LogP contribution in [0.15, 0.2) is 0 Å². The van der Waals surface area contributed by atoms with Gasteiger partial charge in [-0.1, -0.05) is 13.3 Å². The summed E-state index contributed by atoms with van der Waals surface area (Å²) in [6, 6.07) is 0.748. The summed E-state index contributed by atoms with van der Waals surface area (Å²) >= 11 is 1.93. The summed E-state index contributed by atoms with van der Waals surface area (Å²) in [5, 5.41) is 3.32. The quantitative estimate of drug-likeness (QED) is 0.640. The fourth-order valence-electron chi connectivity index (χ4n) is 1.04. The minimum Gasteiger partial charge on any atom is -0.317 e. The lowest BCUT2D eigenvalue weighted by atomic mass is 10.1. The molecule has 0 aliphatic heterocycles. The van der Waals surface area contributed by atoms with E-state index in [2.05, 4.69) is 25.5 Å². The molecule has 0 spiro atoms. The molecule has 0 aromatic heterocycles. The van der Waals surface area contributed by atoms with E-state index in [9.17, 15) is 0 Å². The lowest BCUT2D eigenvalue weighted by molar-refractivity contribution is 0.506. The van der Waals surface area contributed by atoms with Crippen LogP contribution in [0.2, 0.25) is 0 Å².